The van der Waals surface area contributed by atoms with Crippen LogP contribution in [0.1, 0.15) is 62.5 Å². The molecule has 0 atom stereocenters. The van der Waals surface area contributed by atoms with Gasteiger partial charge in [-0.25, -0.2) is 0 Å². The van der Waals surface area contributed by atoms with Gasteiger partial charge in [0, 0.05) is 14.2 Å². The van der Waals surface area contributed by atoms with Gasteiger partial charge in [0.25, 0.3) is 0 Å². The summed E-state index contributed by atoms with van der Waals surface area (Å²) in [5.74, 6) is -0.729. The Hall–Kier alpha value is -2.78. The first kappa shape index (κ1) is 29.8. The summed E-state index contributed by atoms with van der Waals surface area (Å²) >= 11 is 0. The second-order valence-electron chi connectivity index (χ2n) is 10.1. The van der Waals surface area contributed by atoms with Gasteiger partial charge < -0.3 is 30.4 Å². The summed E-state index contributed by atoms with van der Waals surface area (Å²) in [6.45, 7) is 1.23. The lowest BCUT2D eigenvalue weighted by atomic mass is 9.82. The molecule has 0 saturated heterocycles. The summed E-state index contributed by atoms with van der Waals surface area (Å²) in [6, 6.07) is 20.2. The zero-order valence-electron chi connectivity index (χ0n) is 22.6. The summed E-state index contributed by atoms with van der Waals surface area (Å²) in [7, 11) is 3.10. The van der Waals surface area contributed by atoms with E-state index in [2.05, 4.69) is 0 Å². The van der Waals surface area contributed by atoms with Crippen LogP contribution in [0.2, 0.25) is 0 Å². The van der Waals surface area contributed by atoms with E-state index < -0.39 is 11.2 Å². The van der Waals surface area contributed by atoms with Crippen LogP contribution >= 0.6 is 0 Å². The first-order chi connectivity index (χ1) is 18.3. The van der Waals surface area contributed by atoms with E-state index in [0.29, 0.717) is 38.9 Å². The Labute approximate surface area is 226 Å². The first-order valence-corrected chi connectivity index (χ1v) is 13.3. The molecule has 2 saturated carbocycles. The first-order valence-electron chi connectivity index (χ1n) is 13.3. The van der Waals surface area contributed by atoms with Crippen LogP contribution in [0.3, 0.4) is 0 Å². The Morgan fingerprint density at radius 1 is 0.658 bits per heavy atom. The topological polar surface area (TPSA) is 123 Å². The van der Waals surface area contributed by atoms with Gasteiger partial charge in [0.15, 0.2) is 0 Å². The van der Waals surface area contributed by atoms with Crippen molar-refractivity contribution in [1.29, 1.82) is 0 Å². The number of nitrogens with two attached hydrogens (primary N) is 2. The molecule has 0 aromatic heterocycles. The van der Waals surface area contributed by atoms with E-state index in [9.17, 15) is 9.59 Å². The van der Waals surface area contributed by atoms with Crippen LogP contribution in [0.5, 0.6) is 0 Å². The molecule has 0 unspecified atom stereocenters. The summed E-state index contributed by atoms with van der Waals surface area (Å²) in [5, 5.41) is 0. The molecule has 0 bridgehead atoms. The van der Waals surface area contributed by atoms with Crippen LogP contribution in [0.25, 0.3) is 0 Å². The molecular weight excluding hydrogens is 484 g/mol. The van der Waals surface area contributed by atoms with E-state index in [1.54, 1.807) is 14.2 Å². The lowest BCUT2D eigenvalue weighted by Gasteiger charge is -2.36. The van der Waals surface area contributed by atoms with E-state index in [1.807, 2.05) is 60.7 Å². The molecule has 38 heavy (non-hydrogen) atoms. The third kappa shape index (κ3) is 8.11. The van der Waals surface area contributed by atoms with Gasteiger partial charge >= 0.3 is 0 Å². The number of primary amides is 2. The number of hydrogen-bond donors (Lipinski definition) is 2. The number of rotatable bonds is 10. The van der Waals surface area contributed by atoms with Crippen molar-refractivity contribution in [2.75, 3.05) is 14.2 Å². The highest BCUT2D eigenvalue weighted by atomic mass is 16.5. The number of ether oxygens (including phenoxy) is 4. The molecule has 0 radical (unpaired) electrons. The number of hydrogen-bond acceptors (Lipinski definition) is 6. The normalized spacial score (nSPS) is 27.1. The highest BCUT2D eigenvalue weighted by molar-refractivity contribution is 5.84. The molecule has 2 aliphatic rings. The summed E-state index contributed by atoms with van der Waals surface area (Å²) < 4.78 is 22.4. The smallest absolute Gasteiger partial charge is 0.249 e. The fourth-order valence-corrected chi connectivity index (χ4v) is 5.13. The summed E-state index contributed by atoms with van der Waals surface area (Å²) in [4.78, 5) is 22.9. The minimum Gasteiger partial charge on any atom is -0.374 e. The predicted octanol–water partition coefficient (Wildman–Crippen LogP) is 4.03. The van der Waals surface area contributed by atoms with Crippen molar-refractivity contribution in [2.24, 2.45) is 11.5 Å². The van der Waals surface area contributed by atoms with Gasteiger partial charge in [-0.05, 0) is 62.5 Å². The molecule has 0 aliphatic heterocycles. The molecular formula is C30H42N2O6. The molecule has 0 spiro atoms. The molecule has 4 N–H and O–H groups in total. The maximum Gasteiger partial charge on any atom is 0.249 e. The lowest BCUT2D eigenvalue weighted by Crippen LogP contribution is -2.49. The van der Waals surface area contributed by atoms with E-state index in [0.717, 1.165) is 25.7 Å². The molecule has 2 fully saturated rings. The quantitative estimate of drug-likeness (QED) is 0.482. The van der Waals surface area contributed by atoms with E-state index >= 15 is 0 Å². The zero-order valence-corrected chi connectivity index (χ0v) is 22.6. The monoisotopic (exact) mass is 526 g/mol. The molecule has 8 nitrogen and oxygen atoms in total. The van der Waals surface area contributed by atoms with Gasteiger partial charge in [-0.15, -0.1) is 0 Å². The number of benzene rings is 2. The molecule has 4 rings (SSSR count). The standard InChI is InChI=1S/2C15H21NO3/c2*1-18-15(14(16)17)9-7-13(8-10-15)19-11-12-5-3-2-4-6-12/h2*2-6,13H,7-11H2,1H3,(H2,16,17). The van der Waals surface area contributed by atoms with Crippen molar-refractivity contribution >= 4 is 11.8 Å². The molecule has 2 aromatic carbocycles. The third-order valence-electron chi connectivity index (χ3n) is 7.82. The van der Waals surface area contributed by atoms with E-state index in [1.165, 1.54) is 11.1 Å². The van der Waals surface area contributed by atoms with Gasteiger partial charge in [-0.3, -0.25) is 9.59 Å². The van der Waals surface area contributed by atoms with Crippen molar-refractivity contribution in [3.63, 3.8) is 0 Å². The number of methoxy groups -OCH3 is 2. The fraction of sp³-hybridized carbons (Fsp3) is 0.533. The van der Waals surface area contributed by atoms with Crippen LogP contribution in [0, 0.1) is 0 Å². The van der Waals surface area contributed by atoms with Crippen molar-refractivity contribution in [1.82, 2.24) is 0 Å². The van der Waals surface area contributed by atoms with Crippen LogP contribution < -0.4 is 11.5 Å². The van der Waals surface area contributed by atoms with E-state index in [4.69, 9.17) is 30.4 Å². The van der Waals surface area contributed by atoms with Gasteiger partial charge in [-0.1, -0.05) is 60.7 Å². The van der Waals surface area contributed by atoms with Crippen molar-refractivity contribution < 1.29 is 28.5 Å². The number of carbonyl (C=O) groups excluding carboxylic acids is 2. The summed E-state index contributed by atoms with van der Waals surface area (Å²) in [6.07, 6.45) is 6.15. The number of carbonyl (C=O) groups is 2. The minimum atomic E-state index is -0.785. The van der Waals surface area contributed by atoms with E-state index in [-0.39, 0.29) is 24.0 Å². The Morgan fingerprint density at radius 2 is 0.974 bits per heavy atom. The molecule has 208 valence electrons. The molecule has 8 heteroatoms. The minimum absolute atomic E-state index is 0.183. The third-order valence-corrected chi connectivity index (χ3v) is 7.82. The van der Waals surface area contributed by atoms with Gasteiger partial charge in [0.05, 0.1) is 25.4 Å². The van der Waals surface area contributed by atoms with Crippen LogP contribution in [-0.2, 0) is 41.8 Å². The second kappa shape index (κ2) is 14.4. The van der Waals surface area contributed by atoms with Crippen molar-refractivity contribution in [2.45, 2.75) is 88.0 Å². The van der Waals surface area contributed by atoms with Crippen LogP contribution in [0.4, 0.5) is 0 Å². The van der Waals surface area contributed by atoms with Crippen molar-refractivity contribution in [3.05, 3.63) is 71.8 Å². The maximum atomic E-state index is 11.4. The van der Waals surface area contributed by atoms with Crippen molar-refractivity contribution in [3.8, 4) is 0 Å². The average molecular weight is 527 g/mol. The number of amides is 2. The highest BCUT2D eigenvalue weighted by Gasteiger charge is 2.41. The lowest BCUT2D eigenvalue weighted by molar-refractivity contribution is -0.149. The maximum absolute atomic E-state index is 11.4. The molecule has 2 aliphatic carbocycles. The fourth-order valence-electron chi connectivity index (χ4n) is 5.13. The van der Waals surface area contributed by atoms with Gasteiger partial charge in [0.2, 0.25) is 11.8 Å². The van der Waals surface area contributed by atoms with Crippen LogP contribution in [0.15, 0.2) is 60.7 Å². The molecule has 2 amide bonds. The Balaban J connectivity index is 0.000000211. The molecule has 2 aromatic rings. The molecule has 0 heterocycles. The van der Waals surface area contributed by atoms with Crippen LogP contribution in [-0.4, -0.2) is 49.4 Å². The predicted molar refractivity (Wildman–Crippen MR) is 145 cm³/mol. The summed E-state index contributed by atoms with van der Waals surface area (Å²) in [5.41, 5.74) is 11.6. The Morgan fingerprint density at radius 3 is 1.24 bits per heavy atom. The van der Waals surface area contributed by atoms with Gasteiger partial charge in [0.1, 0.15) is 11.2 Å². The Bertz CT molecular complexity index is 903. The largest absolute Gasteiger partial charge is 0.374 e. The zero-order chi connectivity index (χ0) is 27.4. The Kier molecular flexibility index (Phi) is 11.3. The second-order valence-corrected chi connectivity index (χ2v) is 10.1. The SMILES string of the molecule is COC1(C(N)=O)CCC(OCc2ccccc2)CC1.COC1(C(N)=O)CCC(OCc2ccccc2)CC1. The highest BCUT2D eigenvalue weighted by Crippen LogP contribution is 2.34. The van der Waals surface area contributed by atoms with Gasteiger partial charge in [-0.2, -0.15) is 0 Å². The average Bonchev–Trinajstić information content (AvgIpc) is 2.97.